The Hall–Kier alpha value is -1.02. The number of rotatable bonds is 2. The van der Waals surface area contributed by atoms with Crippen LogP contribution < -0.4 is 10.5 Å². The highest BCUT2D eigenvalue weighted by atomic mass is 16.5. The molecule has 0 bridgehead atoms. The molecule has 1 aromatic rings. The molecule has 1 aliphatic carbocycles. The van der Waals surface area contributed by atoms with Crippen LogP contribution in [0.1, 0.15) is 25.3 Å². The first-order valence-electron chi connectivity index (χ1n) is 5.07. The molecule has 0 spiro atoms. The molecule has 0 radical (unpaired) electrons. The Balaban J connectivity index is 2.17. The van der Waals surface area contributed by atoms with Gasteiger partial charge in [0.1, 0.15) is 5.75 Å². The summed E-state index contributed by atoms with van der Waals surface area (Å²) in [4.78, 5) is 0. The molecule has 1 aromatic carbocycles. The van der Waals surface area contributed by atoms with Gasteiger partial charge in [0.05, 0.1) is 7.11 Å². The van der Waals surface area contributed by atoms with Crippen molar-refractivity contribution in [2.75, 3.05) is 7.11 Å². The van der Waals surface area contributed by atoms with Crippen molar-refractivity contribution in [3.63, 3.8) is 0 Å². The molecule has 0 amide bonds. The fraction of sp³-hybridized carbons (Fsp3) is 0.500. The zero-order chi connectivity index (χ0) is 10.2. The molecule has 1 saturated carbocycles. The third-order valence-electron chi connectivity index (χ3n) is 3.09. The molecule has 0 aliphatic heterocycles. The zero-order valence-electron chi connectivity index (χ0n) is 8.79. The average molecular weight is 191 g/mol. The van der Waals surface area contributed by atoms with Gasteiger partial charge in [0.15, 0.2) is 0 Å². The first kappa shape index (κ1) is 9.53. The van der Waals surface area contributed by atoms with Crippen LogP contribution in [0.3, 0.4) is 0 Å². The first-order chi connectivity index (χ1) is 6.64. The lowest BCUT2D eigenvalue weighted by molar-refractivity contribution is 0.164. The third kappa shape index (κ3) is 1.50. The summed E-state index contributed by atoms with van der Waals surface area (Å²) in [5, 5.41) is 0. The smallest absolute Gasteiger partial charge is 0.118 e. The molecule has 1 aliphatic rings. The Kier molecular flexibility index (Phi) is 2.23. The average Bonchev–Trinajstić information content (AvgIpc) is 2.16. The second kappa shape index (κ2) is 3.28. The minimum absolute atomic E-state index is 0.0777. The van der Waals surface area contributed by atoms with Crippen LogP contribution in [-0.2, 0) is 5.54 Å². The fourth-order valence-electron chi connectivity index (χ4n) is 2.34. The summed E-state index contributed by atoms with van der Waals surface area (Å²) >= 11 is 0. The maximum Gasteiger partial charge on any atom is 0.118 e. The SMILES string of the molecule is COc1ccc(C2(N)CC(C)C2)cc1. The predicted octanol–water partition coefficient (Wildman–Crippen LogP) is 2.28. The largest absolute Gasteiger partial charge is 0.497 e. The van der Waals surface area contributed by atoms with E-state index in [1.165, 1.54) is 5.56 Å². The molecule has 76 valence electrons. The fourth-order valence-corrected chi connectivity index (χ4v) is 2.34. The van der Waals surface area contributed by atoms with Gasteiger partial charge in [-0.2, -0.15) is 0 Å². The lowest BCUT2D eigenvalue weighted by atomic mass is 9.66. The Morgan fingerprint density at radius 3 is 2.29 bits per heavy atom. The van der Waals surface area contributed by atoms with Crippen molar-refractivity contribution in [3.8, 4) is 5.75 Å². The Labute approximate surface area is 85.1 Å². The maximum absolute atomic E-state index is 6.27. The van der Waals surface area contributed by atoms with E-state index in [1.54, 1.807) is 7.11 Å². The first-order valence-corrected chi connectivity index (χ1v) is 5.07. The number of hydrogen-bond donors (Lipinski definition) is 1. The van der Waals surface area contributed by atoms with Crippen molar-refractivity contribution in [1.29, 1.82) is 0 Å². The van der Waals surface area contributed by atoms with Crippen LogP contribution in [0.15, 0.2) is 24.3 Å². The summed E-state index contributed by atoms with van der Waals surface area (Å²) in [5.74, 6) is 1.66. The van der Waals surface area contributed by atoms with Gasteiger partial charge in [-0.1, -0.05) is 19.1 Å². The Morgan fingerprint density at radius 1 is 1.29 bits per heavy atom. The minimum Gasteiger partial charge on any atom is -0.497 e. The molecule has 0 aromatic heterocycles. The van der Waals surface area contributed by atoms with Gasteiger partial charge < -0.3 is 10.5 Å². The standard InChI is InChI=1S/C12H17NO/c1-9-7-12(13,8-9)10-3-5-11(14-2)6-4-10/h3-6,9H,7-8,13H2,1-2H3. The van der Waals surface area contributed by atoms with E-state index in [-0.39, 0.29) is 5.54 Å². The summed E-state index contributed by atoms with van der Waals surface area (Å²) in [6.45, 7) is 2.24. The van der Waals surface area contributed by atoms with Gasteiger partial charge >= 0.3 is 0 Å². The highest BCUT2D eigenvalue weighted by Gasteiger charge is 2.39. The number of nitrogens with two attached hydrogens (primary N) is 1. The van der Waals surface area contributed by atoms with Crippen LogP contribution in [-0.4, -0.2) is 7.11 Å². The Morgan fingerprint density at radius 2 is 1.86 bits per heavy atom. The maximum atomic E-state index is 6.27. The lowest BCUT2D eigenvalue weighted by Crippen LogP contribution is -2.47. The number of hydrogen-bond acceptors (Lipinski definition) is 2. The van der Waals surface area contributed by atoms with Crippen LogP contribution in [0, 0.1) is 5.92 Å². The number of benzene rings is 1. The highest BCUT2D eigenvalue weighted by molar-refractivity contribution is 5.33. The molecule has 2 heteroatoms. The number of methoxy groups -OCH3 is 1. The van der Waals surface area contributed by atoms with Crippen LogP contribution in [0.2, 0.25) is 0 Å². The summed E-state index contributed by atoms with van der Waals surface area (Å²) < 4.78 is 5.11. The van der Waals surface area contributed by atoms with Crippen LogP contribution >= 0.6 is 0 Å². The van der Waals surface area contributed by atoms with Gasteiger partial charge in [0, 0.05) is 5.54 Å². The van der Waals surface area contributed by atoms with Crippen LogP contribution in [0.4, 0.5) is 0 Å². The molecule has 1 fully saturated rings. The topological polar surface area (TPSA) is 35.2 Å². The molecule has 2 N–H and O–H groups in total. The van der Waals surface area contributed by atoms with E-state index < -0.39 is 0 Å². The molecule has 0 atom stereocenters. The van der Waals surface area contributed by atoms with Crippen molar-refractivity contribution >= 4 is 0 Å². The van der Waals surface area contributed by atoms with E-state index in [1.807, 2.05) is 12.1 Å². The van der Waals surface area contributed by atoms with Crippen LogP contribution in [0.5, 0.6) is 5.75 Å². The van der Waals surface area contributed by atoms with E-state index in [2.05, 4.69) is 19.1 Å². The summed E-state index contributed by atoms with van der Waals surface area (Å²) in [6, 6.07) is 8.11. The van der Waals surface area contributed by atoms with Crippen molar-refractivity contribution < 1.29 is 4.74 Å². The molecular weight excluding hydrogens is 174 g/mol. The number of ether oxygens (including phenoxy) is 1. The van der Waals surface area contributed by atoms with E-state index in [4.69, 9.17) is 10.5 Å². The minimum atomic E-state index is -0.0777. The molecule has 0 heterocycles. The summed E-state index contributed by atoms with van der Waals surface area (Å²) in [5.41, 5.74) is 7.42. The van der Waals surface area contributed by atoms with Crippen molar-refractivity contribution in [3.05, 3.63) is 29.8 Å². The lowest BCUT2D eigenvalue weighted by Gasteiger charge is -2.44. The third-order valence-corrected chi connectivity index (χ3v) is 3.09. The van der Waals surface area contributed by atoms with E-state index in [0.717, 1.165) is 24.5 Å². The Bertz CT molecular complexity index is 312. The van der Waals surface area contributed by atoms with Gasteiger partial charge in [-0.25, -0.2) is 0 Å². The zero-order valence-corrected chi connectivity index (χ0v) is 8.79. The van der Waals surface area contributed by atoms with Crippen LogP contribution in [0.25, 0.3) is 0 Å². The van der Waals surface area contributed by atoms with Gasteiger partial charge in [0.2, 0.25) is 0 Å². The quantitative estimate of drug-likeness (QED) is 0.778. The van der Waals surface area contributed by atoms with Gasteiger partial charge in [0.25, 0.3) is 0 Å². The molecule has 14 heavy (non-hydrogen) atoms. The summed E-state index contributed by atoms with van der Waals surface area (Å²) in [7, 11) is 1.68. The van der Waals surface area contributed by atoms with Gasteiger partial charge in [-0.05, 0) is 36.5 Å². The van der Waals surface area contributed by atoms with Crippen molar-refractivity contribution in [2.45, 2.75) is 25.3 Å². The van der Waals surface area contributed by atoms with E-state index >= 15 is 0 Å². The van der Waals surface area contributed by atoms with E-state index in [0.29, 0.717) is 0 Å². The van der Waals surface area contributed by atoms with Gasteiger partial charge in [-0.3, -0.25) is 0 Å². The van der Waals surface area contributed by atoms with Gasteiger partial charge in [-0.15, -0.1) is 0 Å². The molecule has 0 saturated heterocycles. The molecule has 2 nitrogen and oxygen atoms in total. The van der Waals surface area contributed by atoms with Crippen molar-refractivity contribution in [2.24, 2.45) is 11.7 Å². The second-order valence-corrected chi connectivity index (χ2v) is 4.40. The molecule has 2 rings (SSSR count). The van der Waals surface area contributed by atoms with E-state index in [9.17, 15) is 0 Å². The predicted molar refractivity (Wildman–Crippen MR) is 57.3 cm³/mol. The highest BCUT2D eigenvalue weighted by Crippen LogP contribution is 2.43. The molecular formula is C12H17NO. The summed E-state index contributed by atoms with van der Waals surface area (Å²) in [6.07, 6.45) is 2.19. The second-order valence-electron chi connectivity index (χ2n) is 4.40. The monoisotopic (exact) mass is 191 g/mol. The van der Waals surface area contributed by atoms with Crippen molar-refractivity contribution in [1.82, 2.24) is 0 Å². The molecule has 0 unspecified atom stereocenters. The normalized spacial score (nSPS) is 30.9.